The Balaban J connectivity index is 1.60. The Morgan fingerprint density at radius 1 is 1.06 bits per heavy atom. The topological polar surface area (TPSA) is 80.2 Å². The monoisotopic (exact) mass is 447 g/mol. The van der Waals surface area contributed by atoms with E-state index in [4.69, 9.17) is 9.47 Å². The molecule has 2 amide bonds. The van der Waals surface area contributed by atoms with Crippen LogP contribution in [0.5, 0.6) is 11.5 Å². The molecule has 1 N–H and O–H groups in total. The predicted octanol–water partition coefficient (Wildman–Crippen LogP) is 4.34. The summed E-state index contributed by atoms with van der Waals surface area (Å²) in [5.41, 5.74) is 2.65. The Morgan fingerprint density at radius 2 is 1.82 bits per heavy atom. The maximum absolute atomic E-state index is 13.4. The van der Waals surface area contributed by atoms with Crippen LogP contribution in [-0.4, -0.2) is 38.3 Å². The van der Waals surface area contributed by atoms with Gasteiger partial charge in [0, 0.05) is 6.07 Å². The molecule has 33 heavy (non-hydrogen) atoms. The van der Waals surface area contributed by atoms with Gasteiger partial charge in [-0.25, -0.2) is 4.39 Å². The number of para-hydroxylation sites is 2. The zero-order valence-corrected chi connectivity index (χ0v) is 18.2. The number of fused-ring (bicyclic) bond motifs is 1. The Kier molecular flexibility index (Phi) is 6.35. The molecule has 1 aliphatic rings. The van der Waals surface area contributed by atoms with Crippen molar-refractivity contribution < 1.29 is 23.5 Å². The standard InChI is InChI=1S/C25H22FN3O4/c1-32-18-11-12-23(33-2)21(13-18)28-24(30)15-29-22-6-4-3-5-19(22)27-20(14-25(29)31)16-7-9-17(26)10-8-16/h3-13H,14-15H2,1-2H3,(H,28,30). The number of benzene rings is 3. The van der Waals surface area contributed by atoms with Crippen LogP contribution in [0, 0.1) is 5.82 Å². The second-order valence-corrected chi connectivity index (χ2v) is 7.33. The van der Waals surface area contributed by atoms with Gasteiger partial charge in [0.15, 0.2) is 0 Å². The first-order valence-electron chi connectivity index (χ1n) is 10.2. The molecule has 0 unspecified atom stereocenters. The number of anilines is 2. The minimum atomic E-state index is -0.407. The van der Waals surface area contributed by atoms with Gasteiger partial charge in [-0.15, -0.1) is 0 Å². The van der Waals surface area contributed by atoms with Crippen LogP contribution in [0.3, 0.4) is 0 Å². The third kappa shape index (κ3) is 4.85. The van der Waals surface area contributed by atoms with E-state index in [1.165, 1.54) is 31.3 Å². The molecule has 0 saturated carbocycles. The van der Waals surface area contributed by atoms with E-state index in [-0.39, 0.29) is 24.7 Å². The van der Waals surface area contributed by atoms with Gasteiger partial charge in [-0.2, -0.15) is 0 Å². The number of ether oxygens (including phenoxy) is 2. The van der Waals surface area contributed by atoms with Crippen molar-refractivity contribution in [2.75, 3.05) is 31.0 Å². The van der Waals surface area contributed by atoms with Crippen molar-refractivity contribution in [1.29, 1.82) is 0 Å². The molecule has 0 saturated heterocycles. The van der Waals surface area contributed by atoms with Crippen LogP contribution < -0.4 is 19.7 Å². The van der Waals surface area contributed by atoms with Crippen LogP contribution in [0.2, 0.25) is 0 Å². The number of nitrogens with one attached hydrogen (secondary N) is 1. The van der Waals surface area contributed by atoms with Gasteiger partial charge in [0.25, 0.3) is 0 Å². The van der Waals surface area contributed by atoms with Crippen LogP contribution in [0.4, 0.5) is 21.5 Å². The second kappa shape index (κ2) is 9.52. The summed E-state index contributed by atoms with van der Waals surface area (Å²) >= 11 is 0. The Morgan fingerprint density at radius 3 is 2.55 bits per heavy atom. The van der Waals surface area contributed by atoms with Gasteiger partial charge < -0.3 is 19.7 Å². The van der Waals surface area contributed by atoms with Gasteiger partial charge >= 0.3 is 0 Å². The second-order valence-electron chi connectivity index (χ2n) is 7.33. The van der Waals surface area contributed by atoms with E-state index in [1.807, 2.05) is 0 Å². The molecule has 0 atom stereocenters. The van der Waals surface area contributed by atoms with Gasteiger partial charge in [0.2, 0.25) is 11.8 Å². The number of rotatable bonds is 6. The van der Waals surface area contributed by atoms with Crippen LogP contribution >= 0.6 is 0 Å². The number of hydrogen-bond acceptors (Lipinski definition) is 5. The number of hydrogen-bond donors (Lipinski definition) is 1. The van der Waals surface area contributed by atoms with Gasteiger partial charge in [0.05, 0.1) is 43.4 Å². The third-order valence-electron chi connectivity index (χ3n) is 5.21. The van der Waals surface area contributed by atoms with Crippen molar-refractivity contribution in [2.45, 2.75) is 6.42 Å². The lowest BCUT2D eigenvalue weighted by atomic mass is 10.1. The lowest BCUT2D eigenvalue weighted by Crippen LogP contribution is -2.38. The van der Waals surface area contributed by atoms with E-state index in [2.05, 4.69) is 10.3 Å². The molecule has 4 rings (SSSR count). The average molecular weight is 447 g/mol. The molecule has 0 spiro atoms. The summed E-state index contributed by atoms with van der Waals surface area (Å²) in [6.07, 6.45) is -0.0317. The molecule has 0 radical (unpaired) electrons. The minimum absolute atomic E-state index is 0.0317. The summed E-state index contributed by atoms with van der Waals surface area (Å²) in [7, 11) is 3.03. The summed E-state index contributed by atoms with van der Waals surface area (Å²) in [5, 5.41) is 2.79. The third-order valence-corrected chi connectivity index (χ3v) is 5.21. The van der Waals surface area contributed by atoms with E-state index in [1.54, 1.807) is 54.6 Å². The molecule has 3 aromatic carbocycles. The summed E-state index contributed by atoms with van der Waals surface area (Å²) in [4.78, 5) is 32.2. The molecule has 168 valence electrons. The van der Waals surface area contributed by atoms with Gasteiger partial charge in [-0.3, -0.25) is 14.6 Å². The van der Waals surface area contributed by atoms with E-state index in [0.717, 1.165) is 0 Å². The number of methoxy groups -OCH3 is 2. The van der Waals surface area contributed by atoms with Crippen molar-refractivity contribution in [3.8, 4) is 11.5 Å². The molecule has 8 heteroatoms. The maximum Gasteiger partial charge on any atom is 0.244 e. The Labute approximate surface area is 190 Å². The van der Waals surface area contributed by atoms with Crippen LogP contribution in [0.15, 0.2) is 71.7 Å². The molecule has 0 bridgehead atoms. The zero-order valence-electron chi connectivity index (χ0n) is 18.2. The molecule has 1 heterocycles. The predicted molar refractivity (Wildman–Crippen MR) is 124 cm³/mol. The smallest absolute Gasteiger partial charge is 0.244 e. The number of amides is 2. The maximum atomic E-state index is 13.4. The summed E-state index contributed by atoms with van der Waals surface area (Å²) < 4.78 is 23.9. The minimum Gasteiger partial charge on any atom is -0.497 e. The van der Waals surface area contributed by atoms with E-state index in [9.17, 15) is 14.0 Å². The first kappa shape index (κ1) is 22.0. The van der Waals surface area contributed by atoms with Crippen molar-refractivity contribution in [1.82, 2.24) is 0 Å². The number of aliphatic imine (C=N–C) groups is 1. The van der Waals surface area contributed by atoms with Crippen LogP contribution in [0.25, 0.3) is 0 Å². The Hall–Kier alpha value is -4.20. The number of halogens is 1. The molecule has 7 nitrogen and oxygen atoms in total. The van der Waals surface area contributed by atoms with Crippen LogP contribution in [-0.2, 0) is 9.59 Å². The average Bonchev–Trinajstić information content (AvgIpc) is 2.96. The lowest BCUT2D eigenvalue weighted by molar-refractivity contribution is -0.120. The molecule has 1 aliphatic heterocycles. The number of nitrogens with zero attached hydrogens (tertiary/aromatic N) is 2. The first-order chi connectivity index (χ1) is 16.0. The number of carbonyl (C=O) groups is 2. The molecular formula is C25H22FN3O4. The van der Waals surface area contributed by atoms with Crippen molar-refractivity contribution in [2.24, 2.45) is 4.99 Å². The Bertz CT molecular complexity index is 1220. The van der Waals surface area contributed by atoms with Crippen molar-refractivity contribution in [3.05, 3.63) is 78.1 Å². The number of carbonyl (C=O) groups excluding carboxylic acids is 2. The van der Waals surface area contributed by atoms with Gasteiger partial charge in [-0.1, -0.05) is 24.3 Å². The van der Waals surface area contributed by atoms with Crippen molar-refractivity contribution >= 4 is 34.6 Å². The fourth-order valence-corrected chi connectivity index (χ4v) is 3.57. The summed E-state index contributed by atoms with van der Waals surface area (Å²) in [5.74, 6) is -0.0509. The van der Waals surface area contributed by atoms with E-state index < -0.39 is 5.91 Å². The summed E-state index contributed by atoms with van der Waals surface area (Å²) in [6, 6.07) is 18.0. The summed E-state index contributed by atoms with van der Waals surface area (Å²) in [6.45, 7) is -0.220. The zero-order chi connectivity index (χ0) is 23.4. The fourth-order valence-electron chi connectivity index (χ4n) is 3.57. The SMILES string of the molecule is COc1ccc(OC)c(NC(=O)CN2C(=O)CC(c3ccc(F)cc3)=Nc3ccccc32)c1. The fraction of sp³-hybridized carbons (Fsp3) is 0.160. The highest BCUT2D eigenvalue weighted by molar-refractivity contribution is 6.19. The molecule has 0 aliphatic carbocycles. The highest BCUT2D eigenvalue weighted by Gasteiger charge is 2.27. The molecule has 3 aromatic rings. The van der Waals surface area contributed by atoms with Gasteiger partial charge in [0.1, 0.15) is 23.9 Å². The highest BCUT2D eigenvalue weighted by Crippen LogP contribution is 2.33. The lowest BCUT2D eigenvalue weighted by Gasteiger charge is -2.22. The van der Waals surface area contributed by atoms with Gasteiger partial charge in [-0.05, 0) is 42.0 Å². The highest BCUT2D eigenvalue weighted by atomic mass is 19.1. The molecule has 0 fully saturated rings. The largest absolute Gasteiger partial charge is 0.497 e. The molecular weight excluding hydrogens is 425 g/mol. The molecule has 0 aromatic heterocycles. The van der Waals surface area contributed by atoms with E-state index >= 15 is 0 Å². The van der Waals surface area contributed by atoms with E-state index in [0.29, 0.717) is 39.8 Å². The normalized spacial score (nSPS) is 13.0. The first-order valence-corrected chi connectivity index (χ1v) is 10.2. The quantitative estimate of drug-likeness (QED) is 0.610. The van der Waals surface area contributed by atoms with Crippen molar-refractivity contribution in [3.63, 3.8) is 0 Å². The van der Waals surface area contributed by atoms with Crippen LogP contribution in [0.1, 0.15) is 12.0 Å².